The maximum atomic E-state index is 13.8. The van der Waals surface area contributed by atoms with E-state index < -0.39 is 23.3 Å². The molecule has 0 spiro atoms. The lowest BCUT2D eigenvalue weighted by Crippen LogP contribution is -2.30. The Hall–Kier alpha value is -5.80. The number of amides is 1. The number of carbonyl (C=O) groups excluding carboxylic acids is 2. The summed E-state index contributed by atoms with van der Waals surface area (Å²) in [6, 6.07) is 15.6. The number of benzene rings is 3. The molecule has 1 amide bonds. The van der Waals surface area contributed by atoms with Crippen LogP contribution in [0.3, 0.4) is 0 Å². The Labute approximate surface area is 391 Å². The number of ether oxygens (including phenoxy) is 1. The van der Waals surface area contributed by atoms with Gasteiger partial charge in [0.15, 0.2) is 0 Å². The van der Waals surface area contributed by atoms with Crippen LogP contribution in [0.1, 0.15) is 144 Å². The Morgan fingerprint density at radius 2 is 1.29 bits per heavy atom. The third kappa shape index (κ3) is 8.01. The zero-order chi connectivity index (χ0) is 45.2. The van der Waals surface area contributed by atoms with Gasteiger partial charge in [-0.15, -0.1) is 22.7 Å². The molecular weight excluding hydrogens is 867 g/mol. The Bertz CT molecular complexity index is 2930. The van der Waals surface area contributed by atoms with E-state index in [1.165, 1.54) is 67.7 Å². The van der Waals surface area contributed by atoms with Gasteiger partial charge in [0.1, 0.15) is 33.9 Å². The summed E-state index contributed by atoms with van der Waals surface area (Å²) in [7, 11) is 0. The number of nitrogens with zero attached hydrogens (tertiary/aromatic N) is 6. The molecule has 4 aliphatic rings. The number of hydrogen-bond donors (Lipinski definition) is 3. The van der Waals surface area contributed by atoms with Crippen molar-refractivity contribution in [3.63, 3.8) is 0 Å². The summed E-state index contributed by atoms with van der Waals surface area (Å²) in [4.78, 5) is 37.6. The molecule has 14 heteroatoms. The fourth-order valence-electron chi connectivity index (χ4n) is 10.6. The molecule has 66 heavy (non-hydrogen) atoms. The lowest BCUT2D eigenvalue weighted by molar-refractivity contribution is -0.00793. The third-order valence-corrected chi connectivity index (χ3v) is 16.7. The molecule has 4 aromatic heterocycles. The molecule has 3 atom stereocenters. The fraction of sp³-hybridized carbons (Fsp3) is 0.385. The van der Waals surface area contributed by atoms with Crippen molar-refractivity contribution in [2.75, 3.05) is 0 Å². The summed E-state index contributed by atoms with van der Waals surface area (Å²) < 4.78 is 9.57. The molecule has 0 aliphatic heterocycles. The number of carbonyl (C=O) groups is 2. The quantitative estimate of drug-likeness (QED) is 0.0906. The smallest absolute Gasteiger partial charge is 0.408 e. The first kappa shape index (κ1) is 42.8. The molecular formula is C52H53N7O5S2. The van der Waals surface area contributed by atoms with Crippen molar-refractivity contribution < 1.29 is 24.5 Å². The van der Waals surface area contributed by atoms with Crippen molar-refractivity contribution in [3.8, 4) is 11.4 Å². The molecule has 0 saturated carbocycles. The van der Waals surface area contributed by atoms with Gasteiger partial charge in [-0.3, -0.25) is 4.79 Å². The highest BCUT2D eigenvalue weighted by molar-refractivity contribution is 7.14. The average Bonchev–Trinajstić information content (AvgIpc) is 4.17. The van der Waals surface area contributed by atoms with E-state index in [0.29, 0.717) is 31.0 Å². The SMILES string of the molecule is CC(O)(CCC(C)(O)c1ncc([C@H](NC(=O)OCc2ccccc2)c2ccn(-c3c4c(cc5c3CCC5)CCC4)n2)s1)c1ncc(C(=O)c2cnn(-c3c4c(cc5c3CCC5)CCC4)c2)s1. The standard InChI is InChI=1S/C52H53N7O5S2/c1-51(62,21-22-52(2,63)49-54-28-43(66-49)47(60)36-26-55-59(29-36)46-39-18-8-14-34(39)25-35-15-9-19-40(35)46)48-53-27-42(65-48)44(56-50(61)64-30-31-10-4-3-5-11-31)41-20-23-58(57-41)45-37-16-6-12-32(37)24-33-13-7-17-38(33)45/h3-5,10-11,20,23-29,44,62-63H,6-9,12-19,21-22,30H2,1-2H3,(H,56,61)/t44-,51?,52?/m1/s1. The Morgan fingerprint density at radius 1 is 0.727 bits per heavy atom. The summed E-state index contributed by atoms with van der Waals surface area (Å²) >= 11 is 2.44. The second-order valence-corrected chi connectivity index (χ2v) is 21.0. The van der Waals surface area contributed by atoms with Crippen molar-refractivity contribution >= 4 is 34.6 Å². The molecule has 4 heterocycles. The average molecular weight is 920 g/mol. The van der Waals surface area contributed by atoms with Gasteiger partial charge in [-0.2, -0.15) is 10.2 Å². The van der Waals surface area contributed by atoms with Gasteiger partial charge >= 0.3 is 6.09 Å². The van der Waals surface area contributed by atoms with Gasteiger partial charge in [0, 0.05) is 24.8 Å². The molecule has 0 bridgehead atoms. The Balaban J connectivity index is 0.806. The van der Waals surface area contributed by atoms with Gasteiger partial charge in [-0.1, -0.05) is 42.5 Å². The highest BCUT2D eigenvalue weighted by Crippen LogP contribution is 2.41. The number of hydrogen-bond acceptors (Lipinski definition) is 11. The van der Waals surface area contributed by atoms with E-state index in [-0.39, 0.29) is 25.2 Å². The highest BCUT2D eigenvalue weighted by Gasteiger charge is 2.36. The second kappa shape index (κ2) is 17.1. The minimum atomic E-state index is -1.45. The first-order valence-electron chi connectivity index (χ1n) is 23.3. The number of thiazole rings is 2. The van der Waals surface area contributed by atoms with E-state index in [2.05, 4.69) is 27.4 Å². The second-order valence-electron chi connectivity index (χ2n) is 18.9. The van der Waals surface area contributed by atoms with Gasteiger partial charge in [0.25, 0.3) is 0 Å². The molecule has 11 rings (SSSR count). The molecule has 12 nitrogen and oxygen atoms in total. The number of aryl methyl sites for hydroxylation is 4. The lowest BCUT2D eigenvalue weighted by atomic mass is 9.92. The third-order valence-electron chi connectivity index (χ3n) is 14.1. The van der Waals surface area contributed by atoms with Crippen molar-refractivity contribution in [2.45, 2.75) is 128 Å². The number of alkyl carbamates (subject to hydrolysis) is 1. The van der Waals surface area contributed by atoms with E-state index in [0.717, 1.165) is 99.6 Å². The number of ketones is 1. The largest absolute Gasteiger partial charge is 0.445 e. The minimum absolute atomic E-state index is 0.106. The maximum Gasteiger partial charge on any atom is 0.408 e. The molecule has 7 aromatic rings. The normalized spacial score (nSPS) is 17.2. The molecule has 2 unspecified atom stereocenters. The van der Waals surface area contributed by atoms with E-state index in [1.54, 1.807) is 26.2 Å². The summed E-state index contributed by atoms with van der Waals surface area (Å²) in [5.41, 5.74) is 12.5. The van der Waals surface area contributed by atoms with Crippen LogP contribution in [0.2, 0.25) is 0 Å². The predicted molar refractivity (Wildman–Crippen MR) is 253 cm³/mol. The number of nitrogens with one attached hydrogen (secondary N) is 1. The van der Waals surface area contributed by atoms with Crippen LogP contribution in [0.5, 0.6) is 0 Å². The van der Waals surface area contributed by atoms with Gasteiger partial charge < -0.3 is 20.3 Å². The fourth-order valence-corrected chi connectivity index (χ4v) is 12.6. The maximum absolute atomic E-state index is 13.8. The van der Waals surface area contributed by atoms with E-state index in [4.69, 9.17) is 14.9 Å². The number of rotatable bonds is 14. The van der Waals surface area contributed by atoms with Crippen LogP contribution < -0.4 is 5.32 Å². The summed E-state index contributed by atoms with van der Waals surface area (Å²) in [6.45, 7) is 3.45. The van der Waals surface area contributed by atoms with Gasteiger partial charge in [-0.25, -0.2) is 24.1 Å². The molecule has 3 aromatic carbocycles. The zero-order valence-corrected chi connectivity index (χ0v) is 38.9. The first-order chi connectivity index (χ1) is 32.0. The molecule has 0 radical (unpaired) electrons. The van der Waals surface area contributed by atoms with E-state index >= 15 is 0 Å². The van der Waals surface area contributed by atoms with Crippen LogP contribution in [-0.4, -0.2) is 51.6 Å². The number of aromatic nitrogens is 6. The predicted octanol–water partition coefficient (Wildman–Crippen LogP) is 9.07. The summed E-state index contributed by atoms with van der Waals surface area (Å²) in [6.07, 6.45) is 21.3. The molecule has 0 fully saturated rings. The molecule has 0 saturated heterocycles. The van der Waals surface area contributed by atoms with E-state index in [9.17, 15) is 19.8 Å². The van der Waals surface area contributed by atoms with Crippen molar-refractivity contribution in [2.24, 2.45) is 0 Å². The van der Waals surface area contributed by atoms with Crippen molar-refractivity contribution in [1.82, 2.24) is 34.8 Å². The first-order valence-corrected chi connectivity index (χ1v) is 25.0. The van der Waals surface area contributed by atoms with Gasteiger partial charge in [0.05, 0.1) is 38.6 Å². The van der Waals surface area contributed by atoms with Gasteiger partial charge in [0.2, 0.25) is 5.78 Å². The van der Waals surface area contributed by atoms with Crippen LogP contribution in [0.15, 0.2) is 79.5 Å². The molecule has 338 valence electrons. The molecule has 4 aliphatic carbocycles. The topological polar surface area (TPSA) is 157 Å². The summed E-state index contributed by atoms with van der Waals surface area (Å²) in [5, 5.41) is 37.5. The lowest BCUT2D eigenvalue weighted by Gasteiger charge is -2.26. The highest BCUT2D eigenvalue weighted by atomic mass is 32.1. The van der Waals surface area contributed by atoms with E-state index in [1.807, 2.05) is 58.2 Å². The van der Waals surface area contributed by atoms with Gasteiger partial charge in [-0.05, 0) is 160 Å². The summed E-state index contributed by atoms with van der Waals surface area (Å²) in [5.74, 6) is -0.194. The van der Waals surface area contributed by atoms with Crippen LogP contribution >= 0.6 is 22.7 Å². The van der Waals surface area contributed by atoms with Crippen LogP contribution in [0, 0.1) is 0 Å². The number of fused-ring (bicyclic) bond motifs is 4. The van der Waals surface area contributed by atoms with Crippen LogP contribution in [0.4, 0.5) is 4.79 Å². The van der Waals surface area contributed by atoms with Crippen LogP contribution in [-0.2, 0) is 73.9 Å². The molecule has 3 N–H and O–H groups in total. The van der Waals surface area contributed by atoms with Crippen LogP contribution in [0.25, 0.3) is 11.4 Å². The Morgan fingerprint density at radius 3 is 1.89 bits per heavy atom. The Kier molecular flexibility index (Phi) is 11.1. The van der Waals surface area contributed by atoms with Crippen molar-refractivity contribution in [1.29, 1.82) is 0 Å². The van der Waals surface area contributed by atoms with Crippen molar-refractivity contribution in [3.05, 3.63) is 161 Å². The minimum Gasteiger partial charge on any atom is -0.445 e. The zero-order valence-electron chi connectivity index (χ0n) is 37.3. The monoisotopic (exact) mass is 919 g/mol. The number of aliphatic hydroxyl groups is 2.